The molecule has 0 aromatic rings. The second-order valence-corrected chi connectivity index (χ2v) is 5.16. The van der Waals surface area contributed by atoms with Crippen LogP contribution in [0.25, 0.3) is 0 Å². The third kappa shape index (κ3) is 3.84. The van der Waals surface area contributed by atoms with Crippen LogP contribution in [0.2, 0.25) is 0 Å². The van der Waals surface area contributed by atoms with Crippen LogP contribution >= 0.6 is 12.6 Å². The number of rotatable bonds is 3. The molecular formula is C12H16F3NS. The molecule has 0 saturated carbocycles. The topological polar surface area (TPSA) is 12.0 Å². The summed E-state index contributed by atoms with van der Waals surface area (Å²) < 4.78 is 36.3. The van der Waals surface area contributed by atoms with Gasteiger partial charge in [0.15, 0.2) is 0 Å². The van der Waals surface area contributed by atoms with Gasteiger partial charge in [-0.05, 0) is 18.1 Å². The van der Waals surface area contributed by atoms with E-state index in [1.807, 2.05) is 13.8 Å². The number of hydrogen-bond donors (Lipinski definition) is 2. The van der Waals surface area contributed by atoms with Crippen molar-refractivity contribution in [1.29, 1.82) is 0 Å². The Morgan fingerprint density at radius 1 is 1.35 bits per heavy atom. The van der Waals surface area contributed by atoms with E-state index in [-0.39, 0.29) is 0 Å². The van der Waals surface area contributed by atoms with Crippen LogP contribution in [0.4, 0.5) is 13.2 Å². The number of allylic oxidation sites excluding steroid dienone is 3. The van der Waals surface area contributed by atoms with Gasteiger partial charge in [-0.2, -0.15) is 25.8 Å². The summed E-state index contributed by atoms with van der Waals surface area (Å²) >= 11 is 3.74. The Labute approximate surface area is 105 Å². The molecule has 1 N–H and O–H groups in total. The Balaban J connectivity index is 2.91. The summed E-state index contributed by atoms with van der Waals surface area (Å²) in [4.78, 5) is 0. The SMILES string of the molecule is CC(C)CNC1=CC(S)(C(F)(F)F)C=CC=C1. The van der Waals surface area contributed by atoms with Gasteiger partial charge in [-0.15, -0.1) is 0 Å². The molecule has 0 aliphatic heterocycles. The van der Waals surface area contributed by atoms with E-state index in [0.717, 1.165) is 12.2 Å². The Morgan fingerprint density at radius 3 is 2.53 bits per heavy atom. The molecule has 1 aliphatic carbocycles. The maximum absolute atomic E-state index is 12.9. The fourth-order valence-corrected chi connectivity index (χ4v) is 1.53. The molecule has 1 nitrogen and oxygen atoms in total. The van der Waals surface area contributed by atoms with Gasteiger partial charge in [0.2, 0.25) is 0 Å². The summed E-state index contributed by atoms with van der Waals surface area (Å²) in [6, 6.07) is 0. The summed E-state index contributed by atoms with van der Waals surface area (Å²) in [5.74, 6) is 0.362. The first-order valence-electron chi connectivity index (χ1n) is 5.36. The van der Waals surface area contributed by atoms with Crippen molar-refractivity contribution in [3.05, 3.63) is 36.1 Å². The monoisotopic (exact) mass is 263 g/mol. The molecule has 0 aromatic heterocycles. The van der Waals surface area contributed by atoms with Crippen LogP contribution in [0, 0.1) is 5.92 Å². The highest BCUT2D eigenvalue weighted by Crippen LogP contribution is 2.39. The number of nitrogens with one attached hydrogen (secondary N) is 1. The first-order valence-corrected chi connectivity index (χ1v) is 5.81. The fourth-order valence-electron chi connectivity index (χ4n) is 1.30. The minimum atomic E-state index is -4.41. The van der Waals surface area contributed by atoms with E-state index in [4.69, 9.17) is 0 Å². The number of alkyl halides is 3. The van der Waals surface area contributed by atoms with Crippen LogP contribution in [0.1, 0.15) is 13.8 Å². The van der Waals surface area contributed by atoms with E-state index in [2.05, 4.69) is 17.9 Å². The molecule has 0 saturated heterocycles. The summed E-state index contributed by atoms with van der Waals surface area (Å²) in [5.41, 5.74) is 0.441. The number of hydrogen-bond acceptors (Lipinski definition) is 2. The molecule has 0 aromatic carbocycles. The van der Waals surface area contributed by atoms with Crippen molar-refractivity contribution in [3.63, 3.8) is 0 Å². The zero-order valence-corrected chi connectivity index (χ0v) is 10.6. The normalized spacial score (nSPS) is 24.8. The average Bonchev–Trinajstić information content (AvgIpc) is 2.37. The molecule has 0 amide bonds. The molecule has 0 heterocycles. The van der Waals surface area contributed by atoms with Gasteiger partial charge < -0.3 is 5.32 Å². The fraction of sp³-hybridized carbons (Fsp3) is 0.500. The van der Waals surface area contributed by atoms with E-state index in [0.29, 0.717) is 18.2 Å². The summed E-state index contributed by atoms with van der Waals surface area (Å²) in [6.07, 6.45) is 2.27. The zero-order valence-electron chi connectivity index (χ0n) is 9.75. The molecule has 1 rings (SSSR count). The van der Waals surface area contributed by atoms with Crippen molar-refractivity contribution in [2.24, 2.45) is 5.92 Å². The minimum absolute atomic E-state index is 0.362. The maximum atomic E-state index is 12.9. The first-order chi connectivity index (χ1) is 7.74. The van der Waals surface area contributed by atoms with Crippen molar-refractivity contribution in [3.8, 4) is 0 Å². The van der Waals surface area contributed by atoms with E-state index >= 15 is 0 Å². The Kier molecular flexibility index (Phi) is 4.36. The van der Waals surface area contributed by atoms with Gasteiger partial charge in [-0.3, -0.25) is 0 Å². The second kappa shape index (κ2) is 5.21. The Hall–Kier alpha value is -0.840. The number of halogens is 3. The van der Waals surface area contributed by atoms with Gasteiger partial charge in [0.25, 0.3) is 0 Å². The lowest BCUT2D eigenvalue weighted by Gasteiger charge is -2.25. The molecule has 0 spiro atoms. The molecule has 96 valence electrons. The van der Waals surface area contributed by atoms with Crippen LogP contribution in [0.5, 0.6) is 0 Å². The Morgan fingerprint density at radius 2 is 2.00 bits per heavy atom. The van der Waals surface area contributed by atoms with Crippen LogP contribution in [0.3, 0.4) is 0 Å². The lowest BCUT2D eigenvalue weighted by Crippen LogP contribution is -2.37. The highest BCUT2D eigenvalue weighted by atomic mass is 32.1. The molecular weight excluding hydrogens is 247 g/mol. The Bertz CT molecular complexity index is 355. The number of thiol groups is 1. The lowest BCUT2D eigenvalue weighted by atomic mass is 10.1. The van der Waals surface area contributed by atoms with E-state index in [1.165, 1.54) is 6.08 Å². The standard InChI is InChI=1S/C12H16F3NS/c1-9(2)8-16-10-5-3-4-6-11(17,7-10)12(13,14)15/h3-7,9,16-17H,8H2,1-2H3. The molecule has 5 heteroatoms. The molecule has 1 unspecified atom stereocenters. The van der Waals surface area contributed by atoms with E-state index in [9.17, 15) is 13.2 Å². The largest absolute Gasteiger partial charge is 0.409 e. The van der Waals surface area contributed by atoms with Crippen LogP contribution in [-0.4, -0.2) is 17.5 Å². The molecule has 0 fully saturated rings. The van der Waals surface area contributed by atoms with E-state index in [1.54, 1.807) is 12.2 Å². The van der Waals surface area contributed by atoms with Crippen molar-refractivity contribution in [2.75, 3.05) is 6.54 Å². The minimum Gasteiger partial charge on any atom is -0.385 e. The first kappa shape index (κ1) is 14.2. The summed E-state index contributed by atoms with van der Waals surface area (Å²) in [7, 11) is 0. The lowest BCUT2D eigenvalue weighted by molar-refractivity contribution is -0.136. The third-order valence-corrected chi connectivity index (χ3v) is 2.81. The van der Waals surface area contributed by atoms with Gasteiger partial charge in [-0.1, -0.05) is 32.1 Å². The second-order valence-electron chi connectivity index (χ2n) is 4.42. The quantitative estimate of drug-likeness (QED) is 0.743. The predicted octanol–water partition coefficient (Wildman–Crippen LogP) is 3.47. The molecule has 0 radical (unpaired) electrons. The van der Waals surface area contributed by atoms with Crippen molar-refractivity contribution in [2.45, 2.75) is 24.8 Å². The predicted molar refractivity (Wildman–Crippen MR) is 67.0 cm³/mol. The van der Waals surface area contributed by atoms with E-state index < -0.39 is 10.9 Å². The average molecular weight is 263 g/mol. The summed E-state index contributed by atoms with van der Waals surface area (Å²) in [5, 5.41) is 2.97. The third-order valence-electron chi connectivity index (χ3n) is 2.28. The van der Waals surface area contributed by atoms with Gasteiger partial charge in [0.05, 0.1) is 0 Å². The molecule has 1 atom stereocenters. The van der Waals surface area contributed by atoms with Crippen LogP contribution in [0.15, 0.2) is 36.1 Å². The summed E-state index contributed by atoms with van der Waals surface area (Å²) in [6.45, 7) is 4.60. The smallest absolute Gasteiger partial charge is 0.385 e. The van der Waals surface area contributed by atoms with Gasteiger partial charge in [-0.25, -0.2) is 0 Å². The van der Waals surface area contributed by atoms with Crippen LogP contribution in [-0.2, 0) is 0 Å². The highest BCUT2D eigenvalue weighted by Gasteiger charge is 2.49. The molecule has 0 bridgehead atoms. The maximum Gasteiger partial charge on any atom is 0.409 e. The van der Waals surface area contributed by atoms with Gasteiger partial charge in [0.1, 0.15) is 4.75 Å². The highest BCUT2D eigenvalue weighted by molar-refractivity contribution is 7.82. The van der Waals surface area contributed by atoms with Crippen molar-refractivity contribution < 1.29 is 13.2 Å². The van der Waals surface area contributed by atoms with Crippen LogP contribution < -0.4 is 5.32 Å². The zero-order chi connectivity index (χ0) is 13.1. The van der Waals surface area contributed by atoms with Crippen molar-refractivity contribution >= 4 is 12.6 Å². The molecule has 17 heavy (non-hydrogen) atoms. The van der Waals surface area contributed by atoms with Crippen molar-refractivity contribution in [1.82, 2.24) is 5.32 Å². The molecule has 1 aliphatic rings. The van der Waals surface area contributed by atoms with Gasteiger partial charge >= 0.3 is 6.18 Å². The van der Waals surface area contributed by atoms with Gasteiger partial charge in [0, 0.05) is 12.2 Å².